The minimum atomic E-state index is 0.243. The SMILES string of the molecule is CC(C)(C)c1ccc(/C=C/c2ccncc2)s1. The van der Waals surface area contributed by atoms with Crippen molar-refractivity contribution in [3.8, 4) is 0 Å². The summed E-state index contributed by atoms with van der Waals surface area (Å²) in [6, 6.07) is 8.42. The molecule has 2 heteroatoms. The summed E-state index contributed by atoms with van der Waals surface area (Å²) in [6.07, 6.45) is 7.92. The fourth-order valence-electron chi connectivity index (χ4n) is 1.50. The van der Waals surface area contributed by atoms with Crippen LogP contribution in [0.5, 0.6) is 0 Å². The van der Waals surface area contributed by atoms with Gasteiger partial charge in [-0.1, -0.05) is 26.8 Å². The molecule has 2 rings (SSSR count). The first-order valence-electron chi connectivity index (χ1n) is 5.74. The molecular formula is C15H17NS. The molecule has 88 valence electrons. The lowest BCUT2D eigenvalue weighted by atomic mass is 9.95. The third kappa shape index (κ3) is 3.27. The minimum Gasteiger partial charge on any atom is -0.265 e. The van der Waals surface area contributed by atoms with Crippen molar-refractivity contribution < 1.29 is 0 Å². The van der Waals surface area contributed by atoms with Gasteiger partial charge in [-0.2, -0.15) is 0 Å². The average Bonchev–Trinajstić information content (AvgIpc) is 2.76. The molecule has 0 saturated heterocycles. The molecule has 0 atom stereocenters. The van der Waals surface area contributed by atoms with Gasteiger partial charge >= 0.3 is 0 Å². The Morgan fingerprint density at radius 3 is 2.29 bits per heavy atom. The number of pyridine rings is 1. The predicted molar refractivity (Wildman–Crippen MR) is 76.2 cm³/mol. The van der Waals surface area contributed by atoms with E-state index in [1.807, 2.05) is 35.9 Å². The molecule has 0 amide bonds. The van der Waals surface area contributed by atoms with E-state index in [-0.39, 0.29) is 5.41 Å². The van der Waals surface area contributed by atoms with E-state index in [4.69, 9.17) is 0 Å². The zero-order valence-electron chi connectivity index (χ0n) is 10.5. The van der Waals surface area contributed by atoms with Crippen molar-refractivity contribution in [1.29, 1.82) is 0 Å². The zero-order chi connectivity index (χ0) is 12.3. The summed E-state index contributed by atoms with van der Waals surface area (Å²) >= 11 is 1.86. The quantitative estimate of drug-likeness (QED) is 0.750. The van der Waals surface area contributed by atoms with E-state index in [2.05, 4.69) is 50.0 Å². The number of rotatable bonds is 2. The Morgan fingerprint density at radius 2 is 1.71 bits per heavy atom. The molecule has 0 aliphatic carbocycles. The van der Waals surface area contributed by atoms with E-state index in [9.17, 15) is 0 Å². The Hall–Kier alpha value is -1.41. The van der Waals surface area contributed by atoms with Gasteiger partial charge in [0.2, 0.25) is 0 Å². The van der Waals surface area contributed by atoms with E-state index < -0.39 is 0 Å². The number of hydrogen-bond acceptors (Lipinski definition) is 2. The first-order chi connectivity index (χ1) is 8.05. The van der Waals surface area contributed by atoms with Crippen molar-refractivity contribution in [1.82, 2.24) is 4.98 Å². The molecule has 0 fully saturated rings. The Balaban J connectivity index is 2.15. The van der Waals surface area contributed by atoms with Crippen LogP contribution in [0, 0.1) is 0 Å². The van der Waals surface area contributed by atoms with E-state index in [1.165, 1.54) is 15.3 Å². The maximum absolute atomic E-state index is 4.01. The molecule has 1 nitrogen and oxygen atoms in total. The highest BCUT2D eigenvalue weighted by Crippen LogP contribution is 2.30. The summed E-state index contributed by atoms with van der Waals surface area (Å²) in [6.45, 7) is 6.74. The van der Waals surface area contributed by atoms with Gasteiger partial charge in [-0.3, -0.25) is 4.98 Å². The Morgan fingerprint density at radius 1 is 1.00 bits per heavy atom. The van der Waals surface area contributed by atoms with Gasteiger partial charge in [0, 0.05) is 22.1 Å². The molecule has 0 N–H and O–H groups in total. The molecule has 0 spiro atoms. The number of thiophene rings is 1. The van der Waals surface area contributed by atoms with Crippen LogP contribution in [0.1, 0.15) is 36.1 Å². The van der Waals surface area contributed by atoms with Crippen molar-refractivity contribution in [2.45, 2.75) is 26.2 Å². The summed E-state index contributed by atoms with van der Waals surface area (Å²) in [7, 11) is 0. The topological polar surface area (TPSA) is 12.9 Å². The normalized spacial score (nSPS) is 12.2. The Labute approximate surface area is 107 Å². The second-order valence-electron chi connectivity index (χ2n) is 5.07. The highest BCUT2D eigenvalue weighted by atomic mass is 32.1. The van der Waals surface area contributed by atoms with Crippen LogP contribution in [0.2, 0.25) is 0 Å². The van der Waals surface area contributed by atoms with Gasteiger partial charge in [0.05, 0.1) is 0 Å². The van der Waals surface area contributed by atoms with Crippen molar-refractivity contribution in [2.24, 2.45) is 0 Å². The van der Waals surface area contributed by atoms with Crippen LogP contribution >= 0.6 is 11.3 Å². The zero-order valence-corrected chi connectivity index (χ0v) is 11.3. The summed E-state index contributed by atoms with van der Waals surface area (Å²) in [5.74, 6) is 0. The number of hydrogen-bond donors (Lipinski definition) is 0. The number of aromatic nitrogens is 1. The largest absolute Gasteiger partial charge is 0.265 e. The molecule has 0 saturated carbocycles. The molecule has 0 aliphatic rings. The lowest BCUT2D eigenvalue weighted by Crippen LogP contribution is -2.07. The Bertz CT molecular complexity index is 503. The fourth-order valence-corrected chi connectivity index (χ4v) is 2.47. The maximum Gasteiger partial charge on any atom is 0.0273 e. The van der Waals surface area contributed by atoms with E-state index in [0.717, 1.165) is 0 Å². The van der Waals surface area contributed by atoms with Crippen LogP contribution in [0.4, 0.5) is 0 Å². The smallest absolute Gasteiger partial charge is 0.0273 e. The Kier molecular flexibility index (Phi) is 3.43. The lowest BCUT2D eigenvalue weighted by Gasteiger charge is -2.15. The van der Waals surface area contributed by atoms with Gasteiger partial charge in [0.25, 0.3) is 0 Å². The van der Waals surface area contributed by atoms with Gasteiger partial charge in [0.15, 0.2) is 0 Å². The maximum atomic E-state index is 4.01. The van der Waals surface area contributed by atoms with Crippen LogP contribution < -0.4 is 0 Å². The third-order valence-corrected chi connectivity index (χ3v) is 3.99. The van der Waals surface area contributed by atoms with Crippen LogP contribution in [0.3, 0.4) is 0 Å². The van der Waals surface area contributed by atoms with Gasteiger partial charge in [-0.05, 0) is 41.3 Å². The molecule has 0 unspecified atom stereocenters. The molecule has 0 radical (unpaired) electrons. The molecule has 0 bridgehead atoms. The molecule has 17 heavy (non-hydrogen) atoms. The third-order valence-electron chi connectivity index (χ3n) is 2.51. The van der Waals surface area contributed by atoms with Crippen LogP contribution in [0.15, 0.2) is 36.7 Å². The second-order valence-corrected chi connectivity index (χ2v) is 6.18. The van der Waals surface area contributed by atoms with Gasteiger partial charge in [-0.15, -0.1) is 11.3 Å². The summed E-state index contributed by atoms with van der Waals surface area (Å²) in [5, 5.41) is 0. The molecule has 2 aromatic rings. The first kappa shape index (κ1) is 12.1. The molecule has 2 aromatic heterocycles. The summed E-state index contributed by atoms with van der Waals surface area (Å²) in [4.78, 5) is 6.73. The van der Waals surface area contributed by atoms with Gasteiger partial charge in [0.1, 0.15) is 0 Å². The van der Waals surface area contributed by atoms with Gasteiger partial charge < -0.3 is 0 Å². The molecule has 0 aliphatic heterocycles. The minimum absolute atomic E-state index is 0.243. The van der Waals surface area contributed by atoms with E-state index >= 15 is 0 Å². The summed E-state index contributed by atoms with van der Waals surface area (Å²) in [5.41, 5.74) is 1.43. The molecule has 0 aromatic carbocycles. The standard InChI is InChI=1S/C15H17NS/c1-15(2,3)14-7-6-13(17-14)5-4-12-8-10-16-11-9-12/h4-11H,1-3H3/b5-4+. The summed E-state index contributed by atoms with van der Waals surface area (Å²) < 4.78 is 0. The van der Waals surface area contributed by atoms with Crippen LogP contribution in [-0.4, -0.2) is 4.98 Å². The fraction of sp³-hybridized carbons (Fsp3) is 0.267. The molecule has 2 heterocycles. The van der Waals surface area contributed by atoms with Crippen LogP contribution in [0.25, 0.3) is 12.2 Å². The van der Waals surface area contributed by atoms with E-state index in [1.54, 1.807) is 0 Å². The monoisotopic (exact) mass is 243 g/mol. The van der Waals surface area contributed by atoms with E-state index in [0.29, 0.717) is 0 Å². The highest BCUT2D eigenvalue weighted by Gasteiger charge is 2.15. The molecular weight excluding hydrogens is 226 g/mol. The van der Waals surface area contributed by atoms with Crippen LogP contribution in [-0.2, 0) is 5.41 Å². The average molecular weight is 243 g/mol. The van der Waals surface area contributed by atoms with Crippen molar-refractivity contribution in [3.63, 3.8) is 0 Å². The van der Waals surface area contributed by atoms with Crippen molar-refractivity contribution in [3.05, 3.63) is 52.0 Å². The van der Waals surface area contributed by atoms with Crippen molar-refractivity contribution >= 4 is 23.5 Å². The highest BCUT2D eigenvalue weighted by molar-refractivity contribution is 7.13. The van der Waals surface area contributed by atoms with Crippen molar-refractivity contribution in [2.75, 3.05) is 0 Å². The number of nitrogens with zero attached hydrogens (tertiary/aromatic N) is 1. The predicted octanol–water partition coefficient (Wildman–Crippen LogP) is 4.61. The first-order valence-corrected chi connectivity index (χ1v) is 6.56. The lowest BCUT2D eigenvalue weighted by molar-refractivity contribution is 0.604. The van der Waals surface area contributed by atoms with Gasteiger partial charge in [-0.25, -0.2) is 0 Å². The second kappa shape index (κ2) is 4.84.